The van der Waals surface area contributed by atoms with Gasteiger partial charge in [-0.1, -0.05) is 42.0 Å². The van der Waals surface area contributed by atoms with Crippen LogP contribution in [0.25, 0.3) is 11.0 Å². The summed E-state index contributed by atoms with van der Waals surface area (Å²) >= 11 is 0. The number of aliphatic hydroxyl groups excluding tert-OH is 2. The van der Waals surface area contributed by atoms with Crippen molar-refractivity contribution in [3.05, 3.63) is 71.3 Å². The van der Waals surface area contributed by atoms with Crippen molar-refractivity contribution >= 4 is 77.3 Å². The van der Waals surface area contributed by atoms with Crippen LogP contribution in [0.5, 0.6) is 0 Å². The second-order valence-corrected chi connectivity index (χ2v) is 28.4. The maximum atomic E-state index is 14.4. The van der Waals surface area contributed by atoms with Crippen LogP contribution >= 0.6 is 7.82 Å². The molecule has 15 atom stereocenters. The zero-order chi connectivity index (χ0) is 66.7. The molecule has 6 aliphatic rings. The zero-order valence-corrected chi connectivity index (χ0v) is 56.3. The van der Waals surface area contributed by atoms with E-state index in [1.807, 2.05) is 59.8 Å². The number of ether oxygens (including phenoxy) is 1. The standard InChI is InChI=1S/C62H90N13O14P.CH3.Co/c1-29-20-39-40(21-30(29)2)75(28-70-39)57-52(84)53(41(27-76)87-57)89-90(85,86)88-31(3)26-69-49(83)18-19-59(8)37(22-46(66)80)56-62(11)61(10,25-48(68)82)36(14-17-45(65)79)51(74-62)33(5)55-60(9,24-47(67)81)34(12-15-43(63)77)38(71-55)23-42-58(6,7)35(13-16-44(64)78)50(72-42)32(4)54(59)73-56;;/h20-21,23,28,31,34-37,41,52-53,56-57,76,84H,12-19,22,24-27H2,1-11H3,(H15,63,64,65,66,67,68,69,71,72,73,74,77,78,79,80,81,82,83,85,86);1H3;/q;;+2/p-2/t31?,34-,35-,36-,37+,41-,52-,53-,56-,57+,59-,60+,61+,62+;;/m1../s1. The molecule has 4 amide bonds. The molecule has 29 heteroatoms. The molecule has 2 fully saturated rings. The Morgan fingerprint density at radius 1 is 0.859 bits per heavy atom. The molecule has 8 rings (SSSR count). The van der Waals surface area contributed by atoms with Gasteiger partial charge in [0.1, 0.15) is 18.3 Å². The zero-order valence-electron chi connectivity index (χ0n) is 54.4. The number of carbonyl (C=O) groups is 4. The molecule has 2 aromatic rings. The van der Waals surface area contributed by atoms with Gasteiger partial charge in [0.2, 0.25) is 36.2 Å². The van der Waals surface area contributed by atoms with E-state index in [4.69, 9.17) is 62.2 Å². The van der Waals surface area contributed by atoms with Gasteiger partial charge in [-0.3, -0.25) is 43.2 Å². The number of carbonyl (C=O) groups excluding carboxylic acids is 4. The number of benzene rings is 1. The van der Waals surface area contributed by atoms with Gasteiger partial charge in [0.05, 0.1) is 24.3 Å². The van der Waals surface area contributed by atoms with Crippen LogP contribution in [0.2, 0.25) is 0 Å². The van der Waals surface area contributed by atoms with Gasteiger partial charge >= 0.3 is 24.6 Å². The summed E-state index contributed by atoms with van der Waals surface area (Å²) < 4.78 is 32.3. The number of fused-ring (bicyclic) bond motifs is 7. The van der Waals surface area contributed by atoms with E-state index >= 15 is 0 Å². The number of amides is 4. The van der Waals surface area contributed by atoms with Gasteiger partial charge in [0, 0.05) is 112 Å². The maximum Gasteiger partial charge on any atom is 2.00 e. The van der Waals surface area contributed by atoms with Crippen molar-refractivity contribution in [2.75, 3.05) is 13.2 Å². The number of aliphatic imine (C=N–C) groups is 3. The molecule has 1 aromatic carbocycles. The summed E-state index contributed by atoms with van der Waals surface area (Å²) in [6.07, 6.45) is -4.86. The third-order valence-corrected chi connectivity index (χ3v) is 21.7. The number of aryl methyl sites for hydroxylation is 2. The topological polar surface area (TPSA) is 473 Å². The molecule has 2 radical (unpaired) electrons. The van der Waals surface area contributed by atoms with Crippen LogP contribution in [-0.4, -0.2) is 128 Å². The molecular weight excluding hydrogens is 1250 g/mol. The average molecular weight is 1340 g/mol. The first-order chi connectivity index (χ1) is 41.8. The normalized spacial score (nSPS) is 33.5. The fourth-order valence-electron chi connectivity index (χ4n) is 15.5. The van der Waals surface area contributed by atoms with E-state index in [2.05, 4.69) is 15.6 Å². The largest absolute Gasteiger partial charge is 2.00 e. The number of imidazole rings is 1. The number of phosphoric acid groups is 1. The van der Waals surface area contributed by atoms with Crippen molar-refractivity contribution in [1.82, 2.24) is 15.6 Å². The van der Waals surface area contributed by atoms with Crippen molar-refractivity contribution in [3.8, 4) is 0 Å². The number of rotatable bonds is 26. The minimum atomic E-state index is -5.07. The predicted molar refractivity (Wildman–Crippen MR) is 334 cm³/mol. The summed E-state index contributed by atoms with van der Waals surface area (Å²) in [5.74, 6) is -8.24. The van der Waals surface area contributed by atoms with Gasteiger partial charge in [-0.15, -0.1) is 0 Å². The molecule has 506 valence electrons. The molecule has 0 aliphatic carbocycles. The minimum Gasteiger partial charge on any atom is -0.862 e. The third kappa shape index (κ3) is 14.1. The summed E-state index contributed by atoms with van der Waals surface area (Å²) in [7, 11) is -5.07. The van der Waals surface area contributed by atoms with Gasteiger partial charge < -0.3 is 79.2 Å². The molecule has 15 N–H and O–H groups in total. The van der Waals surface area contributed by atoms with E-state index in [0.717, 1.165) is 16.6 Å². The van der Waals surface area contributed by atoms with Crippen LogP contribution in [0.15, 0.2) is 67.8 Å². The van der Waals surface area contributed by atoms with Crippen molar-refractivity contribution in [2.45, 2.75) is 189 Å². The Balaban J connectivity index is 0.00000672. The van der Waals surface area contributed by atoms with E-state index in [1.54, 1.807) is 38.6 Å². The number of nitrogens with one attached hydrogen (secondary N) is 6. The number of primary amides is 3. The Morgan fingerprint density at radius 2 is 1.45 bits per heavy atom. The number of nitrogens with zero attached hydrogens (tertiary/aromatic N) is 4. The molecule has 0 saturated carbocycles. The van der Waals surface area contributed by atoms with Crippen LogP contribution in [0.4, 0.5) is 0 Å². The fraction of sp³-hybridized carbons (Fsp3) is 0.619. The van der Waals surface area contributed by atoms with Crippen molar-refractivity contribution in [1.29, 1.82) is 16.2 Å². The van der Waals surface area contributed by atoms with Crippen LogP contribution in [0.3, 0.4) is 0 Å². The molecule has 6 aliphatic heterocycles. The second kappa shape index (κ2) is 27.8. The van der Waals surface area contributed by atoms with E-state index in [9.17, 15) is 54.2 Å². The molecule has 92 heavy (non-hydrogen) atoms. The van der Waals surface area contributed by atoms with Crippen LogP contribution in [-0.2, 0) is 54.3 Å². The number of aromatic nitrogens is 2. The van der Waals surface area contributed by atoms with Crippen molar-refractivity contribution in [2.24, 2.45) is 77.5 Å². The SMILES string of the molecule is C/C1=C2N=C(/C=C3\N/C(=C(/C)C4=N[C@@](C)([C@@H]5N=C1[C@](C)(CCC(=O)NCC(C)OP(=O)(O)O[C@H]1[C@@H](O)[C@@H]([n+]6c[nH]c7cc(C)c(C)cc76)O[C@@H]1CO)[C@H]5CC(N)=O)[C@@](C)(CC(N)=O)[C@@H]4CCC(=N)[O-])[C@@](C)(CC(N)=O)[C@@H]3CCC(=N)[O-])C(C)(C)[C@@H]/2CCC(=N)[O-].[CH3].[Co+2]. The van der Waals surface area contributed by atoms with Crippen LogP contribution in [0, 0.1) is 82.8 Å². The number of aliphatic hydroxyl groups is 2. The monoisotopic (exact) mass is 1340 g/mol. The third-order valence-electron chi connectivity index (χ3n) is 20.6. The van der Waals surface area contributed by atoms with Crippen LogP contribution < -0.4 is 47.7 Å². The van der Waals surface area contributed by atoms with Gasteiger partial charge in [0.25, 0.3) is 0 Å². The van der Waals surface area contributed by atoms with E-state index in [1.165, 1.54) is 6.92 Å². The molecule has 0 spiro atoms. The summed E-state index contributed by atoms with van der Waals surface area (Å²) in [6.45, 7) is 19.0. The van der Waals surface area contributed by atoms with Gasteiger partial charge in [-0.25, -0.2) is 9.55 Å². The first-order valence-corrected chi connectivity index (χ1v) is 32.0. The summed E-state index contributed by atoms with van der Waals surface area (Å²) in [6, 6.07) is 2.74. The first kappa shape index (κ1) is 74.5. The molecule has 27 nitrogen and oxygen atoms in total. The number of phosphoric ester groups is 1. The Hall–Kier alpha value is -6.49. The van der Waals surface area contributed by atoms with Gasteiger partial charge in [-0.05, 0) is 145 Å². The van der Waals surface area contributed by atoms with E-state index in [0.29, 0.717) is 50.9 Å². The number of allylic oxidation sites excluding steroid dienone is 6. The average Bonchev–Trinajstić information content (AvgIpc) is 1.53. The fourth-order valence-corrected chi connectivity index (χ4v) is 16.6. The van der Waals surface area contributed by atoms with Gasteiger partial charge in [-0.2, -0.15) is 4.57 Å². The predicted octanol–water partition coefficient (Wildman–Crippen LogP) is 2.59. The first-order valence-electron chi connectivity index (χ1n) is 30.5. The number of H-pyrrole nitrogens is 1. The quantitative estimate of drug-likeness (QED) is 0.0279. The molecular formula is C63H91CoN13O14P. The maximum absolute atomic E-state index is 14.4. The number of nitrogens with two attached hydrogens (primary N) is 3. The number of aromatic amines is 1. The Bertz CT molecular complexity index is 3540. The Labute approximate surface area is 547 Å². The summed E-state index contributed by atoms with van der Waals surface area (Å²) in [5.41, 5.74) is 19.4. The Kier molecular flexibility index (Phi) is 22.6. The number of hydrogen-bond donors (Lipinski definition) is 12. The van der Waals surface area contributed by atoms with E-state index in [-0.39, 0.29) is 101 Å². The molecule has 2 saturated heterocycles. The second-order valence-electron chi connectivity index (χ2n) is 27.0. The minimum absolute atomic E-state index is 0. The summed E-state index contributed by atoms with van der Waals surface area (Å²) in [5, 5.41) is 90.2. The van der Waals surface area contributed by atoms with Crippen molar-refractivity contribution in [3.63, 3.8) is 0 Å². The smallest absolute Gasteiger partial charge is 0.862 e. The molecule has 2 unspecified atom stereocenters. The Morgan fingerprint density at radius 3 is 2.02 bits per heavy atom. The van der Waals surface area contributed by atoms with Gasteiger partial charge in [0.15, 0.2) is 11.0 Å². The van der Waals surface area contributed by atoms with Crippen molar-refractivity contribution < 1.29 is 89.3 Å². The number of hydrogen-bond acceptors (Lipinski definition) is 20. The molecule has 8 bridgehead atoms. The molecule has 7 heterocycles. The van der Waals surface area contributed by atoms with E-state index < -0.39 is 143 Å². The van der Waals surface area contributed by atoms with Crippen LogP contribution in [0.1, 0.15) is 150 Å². The summed E-state index contributed by atoms with van der Waals surface area (Å²) in [4.78, 5) is 86.0. The molecule has 1 aromatic heterocycles.